The summed E-state index contributed by atoms with van der Waals surface area (Å²) in [5, 5.41) is 21.4. The summed E-state index contributed by atoms with van der Waals surface area (Å²) in [7, 11) is 1.51. The van der Waals surface area contributed by atoms with Crippen molar-refractivity contribution in [2.75, 3.05) is 7.11 Å². The van der Waals surface area contributed by atoms with Gasteiger partial charge in [-0.2, -0.15) is 5.26 Å². The van der Waals surface area contributed by atoms with Crippen LogP contribution in [0.15, 0.2) is 18.2 Å². The standard InChI is InChI=1S/C15H20N2O3/c1-4-7-15(2,14(18)19)17-10-11-5-6-13(20-3)12(8-11)9-16/h5-6,8,17H,4,7,10H2,1-3H3,(H,18,19). The number of benzene rings is 1. The number of carbonyl (C=O) groups is 1. The summed E-state index contributed by atoms with van der Waals surface area (Å²) in [4.78, 5) is 11.3. The van der Waals surface area contributed by atoms with Crippen molar-refractivity contribution >= 4 is 5.97 Å². The molecule has 0 aliphatic carbocycles. The molecule has 5 heteroatoms. The second-order valence-corrected chi connectivity index (χ2v) is 4.89. The van der Waals surface area contributed by atoms with E-state index in [0.717, 1.165) is 12.0 Å². The molecular formula is C15H20N2O3. The Morgan fingerprint density at radius 1 is 1.55 bits per heavy atom. The Morgan fingerprint density at radius 2 is 2.25 bits per heavy atom. The number of aliphatic carboxylic acids is 1. The highest BCUT2D eigenvalue weighted by Gasteiger charge is 2.31. The van der Waals surface area contributed by atoms with Crippen LogP contribution in [-0.4, -0.2) is 23.7 Å². The Kier molecular flexibility index (Phi) is 5.53. The molecule has 0 saturated carbocycles. The summed E-state index contributed by atoms with van der Waals surface area (Å²) in [6.07, 6.45) is 1.32. The number of methoxy groups -OCH3 is 1. The van der Waals surface area contributed by atoms with Gasteiger partial charge in [-0.3, -0.25) is 10.1 Å². The van der Waals surface area contributed by atoms with Gasteiger partial charge in [-0.05, 0) is 31.0 Å². The predicted octanol–water partition coefficient (Wildman–Crippen LogP) is 2.30. The van der Waals surface area contributed by atoms with Gasteiger partial charge in [-0.15, -0.1) is 0 Å². The molecule has 1 rings (SSSR count). The highest BCUT2D eigenvalue weighted by atomic mass is 16.5. The minimum atomic E-state index is -0.957. The fourth-order valence-electron chi connectivity index (χ4n) is 2.02. The van der Waals surface area contributed by atoms with E-state index in [1.807, 2.05) is 13.0 Å². The molecule has 2 N–H and O–H groups in total. The van der Waals surface area contributed by atoms with Crippen LogP contribution < -0.4 is 10.1 Å². The number of rotatable bonds is 7. The van der Waals surface area contributed by atoms with Crippen LogP contribution in [0.1, 0.15) is 37.8 Å². The lowest BCUT2D eigenvalue weighted by molar-refractivity contribution is -0.144. The van der Waals surface area contributed by atoms with Crippen LogP contribution in [0.5, 0.6) is 5.75 Å². The monoisotopic (exact) mass is 276 g/mol. The van der Waals surface area contributed by atoms with Gasteiger partial charge >= 0.3 is 5.97 Å². The molecule has 0 bridgehead atoms. The van der Waals surface area contributed by atoms with Crippen LogP contribution in [0.25, 0.3) is 0 Å². The van der Waals surface area contributed by atoms with Crippen molar-refractivity contribution in [3.05, 3.63) is 29.3 Å². The highest BCUT2D eigenvalue weighted by molar-refractivity contribution is 5.78. The SMILES string of the molecule is CCCC(C)(NCc1ccc(OC)c(C#N)c1)C(=O)O. The number of hydrogen-bond donors (Lipinski definition) is 2. The lowest BCUT2D eigenvalue weighted by Gasteiger charge is -2.26. The zero-order valence-electron chi connectivity index (χ0n) is 12.1. The van der Waals surface area contributed by atoms with E-state index in [0.29, 0.717) is 24.3 Å². The van der Waals surface area contributed by atoms with Gasteiger partial charge < -0.3 is 9.84 Å². The zero-order valence-corrected chi connectivity index (χ0v) is 12.1. The topological polar surface area (TPSA) is 82.3 Å². The number of ether oxygens (including phenoxy) is 1. The number of hydrogen-bond acceptors (Lipinski definition) is 4. The average molecular weight is 276 g/mol. The molecule has 0 heterocycles. The molecule has 1 atom stereocenters. The average Bonchev–Trinajstić information content (AvgIpc) is 2.44. The Morgan fingerprint density at radius 3 is 2.75 bits per heavy atom. The number of nitriles is 1. The zero-order chi connectivity index (χ0) is 15.2. The second kappa shape index (κ2) is 6.92. The minimum absolute atomic E-state index is 0.390. The molecule has 0 aliphatic heterocycles. The summed E-state index contributed by atoms with van der Waals surface area (Å²) >= 11 is 0. The summed E-state index contributed by atoms with van der Waals surface area (Å²) in [5.74, 6) is -0.348. The maximum Gasteiger partial charge on any atom is 0.323 e. The van der Waals surface area contributed by atoms with Gasteiger partial charge in [-0.25, -0.2) is 0 Å². The van der Waals surface area contributed by atoms with Gasteiger partial charge in [0, 0.05) is 6.54 Å². The quantitative estimate of drug-likeness (QED) is 0.798. The van der Waals surface area contributed by atoms with Gasteiger partial charge in [0.25, 0.3) is 0 Å². The van der Waals surface area contributed by atoms with Crippen LogP contribution in [0.3, 0.4) is 0 Å². The molecule has 0 amide bonds. The maximum absolute atomic E-state index is 11.3. The van der Waals surface area contributed by atoms with E-state index >= 15 is 0 Å². The van der Waals surface area contributed by atoms with E-state index in [2.05, 4.69) is 11.4 Å². The van der Waals surface area contributed by atoms with Crippen LogP contribution in [0, 0.1) is 11.3 Å². The van der Waals surface area contributed by atoms with Crippen molar-refractivity contribution in [2.24, 2.45) is 0 Å². The summed E-state index contributed by atoms with van der Waals surface area (Å²) in [5.41, 5.74) is 0.340. The Hall–Kier alpha value is -2.06. The summed E-state index contributed by atoms with van der Waals surface area (Å²) in [6.45, 7) is 4.01. The van der Waals surface area contributed by atoms with Gasteiger partial charge in [-0.1, -0.05) is 19.4 Å². The molecule has 0 fully saturated rings. The van der Waals surface area contributed by atoms with E-state index in [1.165, 1.54) is 7.11 Å². The van der Waals surface area contributed by atoms with E-state index in [4.69, 9.17) is 10.00 Å². The van der Waals surface area contributed by atoms with Crippen molar-refractivity contribution in [2.45, 2.75) is 38.8 Å². The number of nitrogens with one attached hydrogen (secondary N) is 1. The summed E-state index contributed by atoms with van der Waals surface area (Å²) in [6, 6.07) is 7.31. The van der Waals surface area contributed by atoms with Gasteiger partial charge in [0.2, 0.25) is 0 Å². The molecule has 0 saturated heterocycles. The molecule has 1 unspecified atom stereocenters. The Balaban J connectivity index is 2.84. The smallest absolute Gasteiger partial charge is 0.323 e. The van der Waals surface area contributed by atoms with E-state index in [1.54, 1.807) is 19.1 Å². The van der Waals surface area contributed by atoms with E-state index in [-0.39, 0.29) is 0 Å². The first-order chi connectivity index (χ1) is 9.46. The van der Waals surface area contributed by atoms with Gasteiger partial charge in [0.15, 0.2) is 0 Å². The van der Waals surface area contributed by atoms with Crippen molar-refractivity contribution in [3.8, 4) is 11.8 Å². The van der Waals surface area contributed by atoms with Crippen LogP contribution in [0.2, 0.25) is 0 Å². The molecule has 0 aliphatic rings. The highest BCUT2D eigenvalue weighted by Crippen LogP contribution is 2.20. The second-order valence-electron chi connectivity index (χ2n) is 4.89. The predicted molar refractivity (Wildman–Crippen MR) is 75.5 cm³/mol. The van der Waals surface area contributed by atoms with Gasteiger partial charge in [0.05, 0.1) is 12.7 Å². The molecule has 0 spiro atoms. The first kappa shape index (κ1) is 16.0. The lowest BCUT2D eigenvalue weighted by atomic mass is 9.96. The molecule has 1 aromatic carbocycles. The Labute approximate surface area is 119 Å². The van der Waals surface area contributed by atoms with Crippen molar-refractivity contribution in [1.29, 1.82) is 5.26 Å². The molecule has 1 aromatic rings. The van der Waals surface area contributed by atoms with E-state index in [9.17, 15) is 9.90 Å². The third-order valence-electron chi connectivity index (χ3n) is 3.29. The Bertz CT molecular complexity index is 522. The third kappa shape index (κ3) is 3.72. The van der Waals surface area contributed by atoms with Crippen LogP contribution in [-0.2, 0) is 11.3 Å². The molecule has 5 nitrogen and oxygen atoms in total. The van der Waals surface area contributed by atoms with Gasteiger partial charge in [0.1, 0.15) is 17.4 Å². The molecule has 108 valence electrons. The lowest BCUT2D eigenvalue weighted by Crippen LogP contribution is -2.48. The number of carboxylic acid groups (broad SMARTS) is 1. The normalized spacial score (nSPS) is 13.3. The molecule has 0 radical (unpaired) electrons. The fourth-order valence-corrected chi connectivity index (χ4v) is 2.02. The maximum atomic E-state index is 11.3. The first-order valence-electron chi connectivity index (χ1n) is 6.52. The first-order valence-corrected chi connectivity index (χ1v) is 6.52. The number of carboxylic acids is 1. The van der Waals surface area contributed by atoms with E-state index < -0.39 is 11.5 Å². The molecule has 0 aromatic heterocycles. The molecule has 20 heavy (non-hydrogen) atoms. The number of nitrogens with zero attached hydrogens (tertiary/aromatic N) is 1. The van der Waals surface area contributed by atoms with Crippen molar-refractivity contribution < 1.29 is 14.6 Å². The van der Waals surface area contributed by atoms with Crippen molar-refractivity contribution in [1.82, 2.24) is 5.32 Å². The minimum Gasteiger partial charge on any atom is -0.495 e. The van der Waals surface area contributed by atoms with Crippen LogP contribution >= 0.6 is 0 Å². The molecular weight excluding hydrogens is 256 g/mol. The third-order valence-corrected chi connectivity index (χ3v) is 3.29. The van der Waals surface area contributed by atoms with Crippen LogP contribution in [0.4, 0.5) is 0 Å². The summed E-state index contributed by atoms with van der Waals surface area (Å²) < 4.78 is 5.08. The largest absolute Gasteiger partial charge is 0.495 e. The fraction of sp³-hybridized carbons (Fsp3) is 0.467. The van der Waals surface area contributed by atoms with Crippen molar-refractivity contribution in [3.63, 3.8) is 0 Å².